The van der Waals surface area contributed by atoms with Crippen LogP contribution in [0.2, 0.25) is 20.1 Å². The predicted octanol–water partition coefficient (Wildman–Crippen LogP) is 6.13. The maximum Gasteiger partial charge on any atom is 0.243 e. The van der Waals surface area contributed by atoms with Crippen molar-refractivity contribution in [3.8, 4) is 0 Å². The summed E-state index contributed by atoms with van der Waals surface area (Å²) in [6.45, 7) is -0.547. The molecule has 1 amide bonds. The Bertz CT molecular complexity index is 1180. The zero-order valence-corrected chi connectivity index (χ0v) is 19.7. The third-order valence-electron chi connectivity index (χ3n) is 4.25. The lowest BCUT2D eigenvalue weighted by atomic mass is 10.2. The molecule has 0 unspecified atom stereocenters. The quantitative estimate of drug-likeness (QED) is 0.410. The monoisotopic (exact) mass is 516 g/mol. The van der Waals surface area contributed by atoms with E-state index in [0.29, 0.717) is 15.6 Å². The lowest BCUT2D eigenvalue weighted by molar-refractivity contribution is -0.116. The summed E-state index contributed by atoms with van der Waals surface area (Å²) in [6.07, 6.45) is 0. The average molecular weight is 518 g/mol. The molecule has 0 radical (unpaired) electrons. The largest absolute Gasteiger partial charge is 0.322 e. The van der Waals surface area contributed by atoms with Gasteiger partial charge in [-0.05, 0) is 54.1 Å². The molecule has 0 atom stereocenters. The summed E-state index contributed by atoms with van der Waals surface area (Å²) < 4.78 is 27.6. The maximum absolute atomic E-state index is 13.3. The van der Waals surface area contributed by atoms with E-state index >= 15 is 0 Å². The molecule has 0 aliphatic carbocycles. The summed E-state index contributed by atoms with van der Waals surface area (Å²) in [5.74, 6) is -0.602. The van der Waals surface area contributed by atoms with Crippen molar-refractivity contribution < 1.29 is 13.2 Å². The first-order valence-corrected chi connectivity index (χ1v) is 11.9. The summed E-state index contributed by atoms with van der Waals surface area (Å²) in [5.41, 5.74) is 0.830. The zero-order valence-electron chi connectivity index (χ0n) is 15.9. The molecular formula is C21H16Cl4N2O3S. The number of sulfonamides is 1. The second kappa shape index (κ2) is 10.2. The fourth-order valence-electron chi connectivity index (χ4n) is 2.78. The summed E-state index contributed by atoms with van der Waals surface area (Å²) in [4.78, 5) is 12.7. The van der Waals surface area contributed by atoms with Crippen LogP contribution in [0.5, 0.6) is 0 Å². The molecule has 0 heterocycles. The van der Waals surface area contributed by atoms with Crippen LogP contribution in [-0.4, -0.2) is 25.2 Å². The Morgan fingerprint density at radius 2 is 1.45 bits per heavy atom. The molecule has 162 valence electrons. The molecule has 3 aromatic rings. The summed E-state index contributed by atoms with van der Waals surface area (Å²) in [7, 11) is -4.03. The molecule has 0 saturated heterocycles. The van der Waals surface area contributed by atoms with Crippen molar-refractivity contribution in [2.24, 2.45) is 0 Å². The van der Waals surface area contributed by atoms with Gasteiger partial charge in [0, 0.05) is 16.6 Å². The van der Waals surface area contributed by atoms with Gasteiger partial charge in [-0.1, -0.05) is 64.6 Å². The minimum atomic E-state index is -4.03. The minimum Gasteiger partial charge on any atom is -0.322 e. The van der Waals surface area contributed by atoms with Gasteiger partial charge in [-0.15, -0.1) is 0 Å². The number of carbonyl (C=O) groups excluding carboxylic acids is 1. The van der Waals surface area contributed by atoms with Gasteiger partial charge in [0.15, 0.2) is 0 Å². The van der Waals surface area contributed by atoms with Gasteiger partial charge in [0.1, 0.15) is 0 Å². The highest BCUT2D eigenvalue weighted by Gasteiger charge is 2.27. The van der Waals surface area contributed by atoms with Crippen molar-refractivity contribution in [3.05, 3.63) is 92.4 Å². The third kappa shape index (κ3) is 6.13. The topological polar surface area (TPSA) is 66.5 Å². The van der Waals surface area contributed by atoms with Gasteiger partial charge in [-0.2, -0.15) is 4.31 Å². The molecule has 0 saturated carbocycles. The Kier molecular flexibility index (Phi) is 7.86. The number of amides is 1. The predicted molar refractivity (Wildman–Crippen MR) is 126 cm³/mol. The highest BCUT2D eigenvalue weighted by molar-refractivity contribution is 7.89. The van der Waals surface area contributed by atoms with E-state index in [1.165, 1.54) is 24.3 Å². The van der Waals surface area contributed by atoms with E-state index in [4.69, 9.17) is 46.4 Å². The maximum atomic E-state index is 13.3. The summed E-state index contributed by atoms with van der Waals surface area (Å²) >= 11 is 24.1. The van der Waals surface area contributed by atoms with E-state index in [-0.39, 0.29) is 27.2 Å². The van der Waals surface area contributed by atoms with Crippen molar-refractivity contribution in [1.82, 2.24) is 4.31 Å². The van der Waals surface area contributed by atoms with E-state index in [9.17, 15) is 13.2 Å². The van der Waals surface area contributed by atoms with Crippen LogP contribution in [0, 0.1) is 0 Å². The minimum absolute atomic E-state index is 0.00232. The molecule has 31 heavy (non-hydrogen) atoms. The highest BCUT2D eigenvalue weighted by atomic mass is 35.5. The number of benzene rings is 3. The zero-order chi connectivity index (χ0) is 22.6. The van der Waals surface area contributed by atoms with E-state index in [2.05, 4.69) is 5.32 Å². The number of hydrogen-bond donors (Lipinski definition) is 1. The van der Waals surface area contributed by atoms with E-state index in [1.54, 1.807) is 42.5 Å². The second-order valence-electron chi connectivity index (χ2n) is 6.50. The van der Waals surface area contributed by atoms with Crippen LogP contribution in [0.3, 0.4) is 0 Å². The molecule has 1 N–H and O–H groups in total. The lowest BCUT2D eigenvalue weighted by Gasteiger charge is -2.22. The molecule has 0 bridgehead atoms. The Morgan fingerprint density at radius 1 is 0.839 bits per heavy atom. The van der Waals surface area contributed by atoms with E-state index in [0.717, 1.165) is 4.31 Å². The van der Waals surface area contributed by atoms with Crippen molar-refractivity contribution in [3.63, 3.8) is 0 Å². The molecule has 0 fully saturated rings. The smallest absolute Gasteiger partial charge is 0.243 e. The van der Waals surface area contributed by atoms with Gasteiger partial charge in [0.05, 0.1) is 27.2 Å². The van der Waals surface area contributed by atoms with Crippen LogP contribution in [0.25, 0.3) is 0 Å². The van der Waals surface area contributed by atoms with Crippen LogP contribution < -0.4 is 5.32 Å². The number of halogens is 4. The van der Waals surface area contributed by atoms with Gasteiger partial charge in [0.2, 0.25) is 15.9 Å². The number of rotatable bonds is 7. The number of carbonyl (C=O) groups is 1. The van der Waals surface area contributed by atoms with Gasteiger partial charge >= 0.3 is 0 Å². The fourth-order valence-corrected chi connectivity index (χ4v) is 4.99. The molecule has 0 aliphatic heterocycles. The lowest BCUT2D eigenvalue weighted by Crippen LogP contribution is -2.37. The molecule has 0 spiro atoms. The van der Waals surface area contributed by atoms with Gasteiger partial charge in [-0.3, -0.25) is 4.79 Å². The van der Waals surface area contributed by atoms with Crippen molar-refractivity contribution in [2.75, 3.05) is 11.9 Å². The van der Waals surface area contributed by atoms with Crippen LogP contribution in [0.4, 0.5) is 5.69 Å². The summed E-state index contributed by atoms with van der Waals surface area (Å²) in [5, 5.41) is 3.91. The van der Waals surface area contributed by atoms with Crippen molar-refractivity contribution >= 4 is 68.0 Å². The van der Waals surface area contributed by atoms with Crippen LogP contribution >= 0.6 is 46.4 Å². The first kappa shape index (κ1) is 23.9. The Labute approximate surface area is 200 Å². The molecule has 5 nitrogen and oxygen atoms in total. The highest BCUT2D eigenvalue weighted by Crippen LogP contribution is 2.30. The Balaban J connectivity index is 1.91. The van der Waals surface area contributed by atoms with Gasteiger partial charge in [0.25, 0.3) is 0 Å². The van der Waals surface area contributed by atoms with Gasteiger partial charge < -0.3 is 5.32 Å². The van der Waals surface area contributed by atoms with E-state index in [1.807, 2.05) is 0 Å². The van der Waals surface area contributed by atoms with Gasteiger partial charge in [-0.25, -0.2) is 8.42 Å². The van der Waals surface area contributed by atoms with Crippen molar-refractivity contribution in [1.29, 1.82) is 0 Å². The first-order valence-electron chi connectivity index (χ1n) is 8.91. The van der Waals surface area contributed by atoms with Crippen LogP contribution in [0.1, 0.15) is 5.56 Å². The third-order valence-corrected chi connectivity index (χ3v) is 7.17. The molecule has 10 heteroatoms. The number of anilines is 1. The number of hydrogen-bond acceptors (Lipinski definition) is 3. The van der Waals surface area contributed by atoms with E-state index < -0.39 is 22.5 Å². The normalized spacial score (nSPS) is 11.5. The van der Waals surface area contributed by atoms with Crippen LogP contribution in [0.15, 0.2) is 71.6 Å². The molecule has 3 aromatic carbocycles. The van der Waals surface area contributed by atoms with Crippen molar-refractivity contribution in [2.45, 2.75) is 11.4 Å². The SMILES string of the molecule is O=C(CN(Cc1cccc(Cl)c1)S(=O)(=O)c1ccc(Cl)cc1)Nc1c(Cl)cccc1Cl. The number of para-hydroxylation sites is 1. The average Bonchev–Trinajstić information content (AvgIpc) is 2.71. The summed E-state index contributed by atoms with van der Waals surface area (Å²) in [6, 6.07) is 17.2. The fraction of sp³-hybridized carbons (Fsp3) is 0.0952. The first-order chi connectivity index (χ1) is 14.7. The number of nitrogens with zero attached hydrogens (tertiary/aromatic N) is 1. The van der Waals surface area contributed by atoms with Crippen LogP contribution in [-0.2, 0) is 21.4 Å². The molecule has 0 aromatic heterocycles. The molecule has 0 aliphatic rings. The Hall–Kier alpha value is -1.80. The number of nitrogens with one attached hydrogen (secondary N) is 1. The molecular weight excluding hydrogens is 502 g/mol. The molecule has 3 rings (SSSR count). The Morgan fingerprint density at radius 3 is 2.06 bits per heavy atom. The second-order valence-corrected chi connectivity index (χ2v) is 10.1. The standard InChI is InChI=1S/C21H16Cl4N2O3S/c22-15-7-9-17(10-8-15)31(29,30)27(12-14-3-1-4-16(23)11-14)13-20(28)26-21-18(24)5-2-6-19(21)25/h1-11H,12-13H2,(H,26,28).